The Bertz CT molecular complexity index is 1300. The van der Waals surface area contributed by atoms with Gasteiger partial charge in [0, 0.05) is 24.1 Å². The summed E-state index contributed by atoms with van der Waals surface area (Å²) in [5.74, 6) is 0.179. The number of rotatable bonds is 5. The molecule has 2 aromatic carbocycles. The van der Waals surface area contributed by atoms with Gasteiger partial charge in [-0.05, 0) is 54.2 Å². The smallest absolute Gasteiger partial charge is 0.262 e. The second kappa shape index (κ2) is 9.30. The van der Waals surface area contributed by atoms with Gasteiger partial charge in [0.25, 0.3) is 5.91 Å². The molecule has 1 aliphatic heterocycles. The van der Waals surface area contributed by atoms with E-state index >= 15 is 0 Å². The summed E-state index contributed by atoms with van der Waals surface area (Å²) in [7, 11) is 0. The quantitative estimate of drug-likeness (QED) is 0.649. The number of Topliss-reactive ketones (excluding diaryl/α,β-unsaturated/α-hetero) is 1. The number of allylic oxidation sites excluding steroid dienone is 3. The van der Waals surface area contributed by atoms with Gasteiger partial charge in [-0.2, -0.15) is 5.26 Å². The van der Waals surface area contributed by atoms with Crippen LogP contribution >= 0.6 is 0 Å². The van der Waals surface area contributed by atoms with E-state index in [-0.39, 0.29) is 35.2 Å². The van der Waals surface area contributed by atoms with Gasteiger partial charge in [-0.25, -0.2) is 0 Å². The van der Waals surface area contributed by atoms with Crippen molar-refractivity contribution in [2.75, 3.05) is 11.9 Å². The third kappa shape index (κ3) is 4.92. The monoisotopic (exact) mass is 471 g/mol. The second-order valence-corrected chi connectivity index (χ2v) is 9.86. The molecule has 0 saturated carbocycles. The van der Waals surface area contributed by atoms with Crippen LogP contribution in [-0.4, -0.2) is 18.3 Å². The lowest BCUT2D eigenvalue weighted by Gasteiger charge is -2.37. The summed E-state index contributed by atoms with van der Waals surface area (Å²) in [6, 6.07) is 14.9. The van der Waals surface area contributed by atoms with Gasteiger partial charge in [0.2, 0.25) is 5.88 Å². The number of hydrogen-bond donors (Lipinski definition) is 2. The number of nitrogens with two attached hydrogens (primary N) is 1. The second-order valence-electron chi connectivity index (χ2n) is 9.86. The molecule has 0 fully saturated rings. The van der Waals surface area contributed by atoms with Crippen molar-refractivity contribution in [3.63, 3.8) is 0 Å². The molecule has 1 atom stereocenters. The Hall–Kier alpha value is -4.05. The Labute approximate surface area is 205 Å². The fourth-order valence-corrected chi connectivity index (χ4v) is 4.60. The first kappa shape index (κ1) is 24.1. The number of hydrogen-bond acceptors (Lipinski definition) is 6. The summed E-state index contributed by atoms with van der Waals surface area (Å²) in [6.07, 6.45) is 0.946. The van der Waals surface area contributed by atoms with Crippen molar-refractivity contribution in [2.45, 2.75) is 46.5 Å². The predicted octanol–water partition coefficient (Wildman–Crippen LogP) is 4.77. The minimum absolute atomic E-state index is 0.0326. The summed E-state index contributed by atoms with van der Waals surface area (Å²) >= 11 is 0. The van der Waals surface area contributed by atoms with E-state index in [2.05, 4.69) is 11.4 Å². The number of nitrogens with one attached hydrogen (secondary N) is 1. The van der Waals surface area contributed by atoms with Gasteiger partial charge < -0.3 is 20.5 Å². The van der Waals surface area contributed by atoms with E-state index in [1.807, 2.05) is 45.9 Å². The van der Waals surface area contributed by atoms with Crippen molar-refractivity contribution in [1.82, 2.24) is 0 Å². The third-order valence-corrected chi connectivity index (χ3v) is 6.54. The van der Waals surface area contributed by atoms with Crippen LogP contribution < -0.4 is 15.8 Å². The molecule has 1 heterocycles. The van der Waals surface area contributed by atoms with Gasteiger partial charge in [-0.1, -0.05) is 38.1 Å². The number of nitrogens with zero attached hydrogens (tertiary/aromatic N) is 1. The van der Waals surface area contributed by atoms with Crippen LogP contribution in [0.25, 0.3) is 0 Å². The zero-order chi connectivity index (χ0) is 25.3. The van der Waals surface area contributed by atoms with Crippen LogP contribution in [0.4, 0.5) is 5.69 Å². The Balaban J connectivity index is 1.51. The lowest BCUT2D eigenvalue weighted by Crippen LogP contribution is -2.33. The van der Waals surface area contributed by atoms with Crippen LogP contribution in [0, 0.1) is 30.6 Å². The van der Waals surface area contributed by atoms with E-state index in [1.165, 1.54) is 0 Å². The first-order chi connectivity index (χ1) is 16.6. The maximum atomic E-state index is 13.1. The Morgan fingerprint density at radius 1 is 1.20 bits per heavy atom. The van der Waals surface area contributed by atoms with E-state index in [0.29, 0.717) is 29.9 Å². The van der Waals surface area contributed by atoms with Crippen LogP contribution in [0.5, 0.6) is 5.75 Å². The standard InChI is InChI=1S/C28H29N3O4/c1-16-6-5-7-21(17(16)2)31-24(33)15-34-19-10-8-18(9-11-19)25-20(14-29)27(30)35-23-13-28(3,4)12-22(32)26(23)25/h5-11,25H,12-13,15,30H2,1-4H3,(H,31,33). The van der Waals surface area contributed by atoms with Crippen LogP contribution in [0.2, 0.25) is 0 Å². The molecular weight excluding hydrogens is 442 g/mol. The van der Waals surface area contributed by atoms with Gasteiger partial charge in [-0.15, -0.1) is 0 Å². The maximum Gasteiger partial charge on any atom is 0.262 e. The molecule has 3 N–H and O–H groups in total. The number of anilines is 1. The number of aryl methyl sites for hydroxylation is 1. The molecule has 1 unspecified atom stereocenters. The number of amides is 1. The summed E-state index contributed by atoms with van der Waals surface area (Å²) in [5, 5.41) is 12.6. The number of ketones is 1. The van der Waals surface area contributed by atoms with E-state index in [4.69, 9.17) is 15.2 Å². The molecule has 7 heteroatoms. The van der Waals surface area contributed by atoms with Crippen LogP contribution in [0.1, 0.15) is 49.3 Å². The number of ether oxygens (including phenoxy) is 2. The van der Waals surface area contributed by atoms with Crippen molar-refractivity contribution in [2.24, 2.45) is 11.1 Å². The third-order valence-electron chi connectivity index (χ3n) is 6.54. The summed E-state index contributed by atoms with van der Waals surface area (Å²) in [5.41, 5.74) is 10.2. The topological polar surface area (TPSA) is 114 Å². The van der Waals surface area contributed by atoms with Crippen LogP contribution in [0.3, 0.4) is 0 Å². The van der Waals surface area contributed by atoms with E-state index in [0.717, 1.165) is 22.4 Å². The Kier molecular flexibility index (Phi) is 6.40. The molecule has 1 aliphatic carbocycles. The number of nitriles is 1. The zero-order valence-corrected chi connectivity index (χ0v) is 20.4. The molecule has 35 heavy (non-hydrogen) atoms. The highest BCUT2D eigenvalue weighted by molar-refractivity contribution is 6.00. The molecule has 7 nitrogen and oxygen atoms in total. The summed E-state index contributed by atoms with van der Waals surface area (Å²) in [6.45, 7) is 7.81. The first-order valence-electron chi connectivity index (χ1n) is 11.5. The molecule has 2 aromatic rings. The molecule has 1 amide bonds. The molecule has 180 valence electrons. The summed E-state index contributed by atoms with van der Waals surface area (Å²) in [4.78, 5) is 25.4. The largest absolute Gasteiger partial charge is 0.484 e. The Morgan fingerprint density at radius 2 is 1.91 bits per heavy atom. The number of benzene rings is 2. The average Bonchev–Trinajstić information content (AvgIpc) is 2.79. The molecule has 0 spiro atoms. The van der Waals surface area contributed by atoms with Crippen LogP contribution in [0.15, 0.2) is 65.3 Å². The SMILES string of the molecule is Cc1cccc(NC(=O)COc2ccc(C3C(C#N)=C(N)OC4=C3C(=O)CC(C)(C)C4)cc2)c1C. The lowest BCUT2D eigenvalue weighted by molar-refractivity contribution is -0.119. The van der Waals surface area contributed by atoms with Gasteiger partial charge in [0.05, 0.1) is 5.92 Å². The van der Waals surface area contributed by atoms with Gasteiger partial charge in [0.15, 0.2) is 12.4 Å². The van der Waals surface area contributed by atoms with Crippen molar-refractivity contribution in [3.05, 3.63) is 81.9 Å². The normalized spacial score (nSPS) is 18.9. The molecule has 4 rings (SSSR count). The molecule has 0 saturated heterocycles. The van der Waals surface area contributed by atoms with E-state index in [1.54, 1.807) is 24.3 Å². The molecular formula is C28H29N3O4. The molecule has 0 radical (unpaired) electrons. The fourth-order valence-electron chi connectivity index (χ4n) is 4.60. The molecule has 0 aromatic heterocycles. The zero-order valence-electron chi connectivity index (χ0n) is 20.4. The van der Waals surface area contributed by atoms with Gasteiger partial charge >= 0.3 is 0 Å². The Morgan fingerprint density at radius 3 is 2.60 bits per heavy atom. The van der Waals surface area contributed by atoms with Gasteiger partial charge in [0.1, 0.15) is 23.2 Å². The van der Waals surface area contributed by atoms with E-state index in [9.17, 15) is 14.9 Å². The highest BCUT2D eigenvalue weighted by Crippen LogP contribution is 2.47. The van der Waals surface area contributed by atoms with Crippen molar-refractivity contribution in [3.8, 4) is 11.8 Å². The fraction of sp³-hybridized carbons (Fsp3) is 0.321. The molecule has 0 bridgehead atoms. The predicted molar refractivity (Wildman–Crippen MR) is 132 cm³/mol. The van der Waals surface area contributed by atoms with Crippen molar-refractivity contribution < 1.29 is 19.1 Å². The van der Waals surface area contributed by atoms with E-state index < -0.39 is 5.92 Å². The van der Waals surface area contributed by atoms with Crippen LogP contribution in [-0.2, 0) is 14.3 Å². The van der Waals surface area contributed by atoms with Crippen molar-refractivity contribution in [1.29, 1.82) is 5.26 Å². The average molecular weight is 472 g/mol. The number of carbonyl (C=O) groups excluding carboxylic acids is 2. The highest BCUT2D eigenvalue weighted by atomic mass is 16.5. The molecule has 2 aliphatic rings. The summed E-state index contributed by atoms with van der Waals surface area (Å²) < 4.78 is 11.4. The number of carbonyl (C=O) groups is 2. The maximum absolute atomic E-state index is 13.1. The minimum atomic E-state index is -0.589. The first-order valence-corrected chi connectivity index (χ1v) is 11.5. The van der Waals surface area contributed by atoms with Crippen molar-refractivity contribution >= 4 is 17.4 Å². The minimum Gasteiger partial charge on any atom is -0.484 e. The van der Waals surface area contributed by atoms with Gasteiger partial charge in [-0.3, -0.25) is 9.59 Å². The highest BCUT2D eigenvalue weighted by Gasteiger charge is 2.42. The lowest BCUT2D eigenvalue weighted by atomic mass is 9.70.